The van der Waals surface area contributed by atoms with Gasteiger partial charge in [-0.1, -0.05) is 35.0 Å². The van der Waals surface area contributed by atoms with Crippen LogP contribution < -0.4 is 0 Å². The lowest BCUT2D eigenvalue weighted by Crippen LogP contribution is -2.30. The summed E-state index contributed by atoms with van der Waals surface area (Å²) in [6, 6.07) is 6.72. The molecule has 90 valence electrons. The summed E-state index contributed by atoms with van der Waals surface area (Å²) < 4.78 is 0. The van der Waals surface area contributed by atoms with E-state index in [-0.39, 0.29) is 16.6 Å². The van der Waals surface area contributed by atoms with Crippen molar-refractivity contribution < 1.29 is 14.4 Å². The summed E-state index contributed by atoms with van der Waals surface area (Å²) in [5, 5.41) is 0.847. The van der Waals surface area contributed by atoms with Crippen molar-refractivity contribution in [2.45, 2.75) is 18.2 Å². The monoisotopic (exact) mass is 297 g/mol. The van der Waals surface area contributed by atoms with Gasteiger partial charge in [-0.15, -0.1) is 5.06 Å². The number of hydrogen-bond donors (Lipinski definition) is 0. The summed E-state index contributed by atoms with van der Waals surface area (Å²) in [7, 11) is 0. The fraction of sp³-hybridized carbons (Fsp3) is 0.333. The van der Waals surface area contributed by atoms with Crippen LogP contribution in [0.15, 0.2) is 24.3 Å². The van der Waals surface area contributed by atoms with E-state index in [0.717, 1.165) is 11.5 Å². The van der Waals surface area contributed by atoms with E-state index < -0.39 is 0 Å². The van der Waals surface area contributed by atoms with E-state index in [4.69, 9.17) is 4.84 Å². The van der Waals surface area contributed by atoms with E-state index in [1.54, 1.807) is 24.3 Å². The van der Waals surface area contributed by atoms with Gasteiger partial charge in [-0.05, 0) is 18.6 Å². The number of amides is 2. The maximum absolute atomic E-state index is 11.9. The van der Waals surface area contributed by atoms with Crippen molar-refractivity contribution >= 4 is 27.7 Å². The molecule has 1 aromatic rings. The third-order valence-electron chi connectivity index (χ3n) is 2.49. The number of fused-ring (bicyclic) bond motifs is 1. The molecule has 2 rings (SSSR count). The van der Waals surface area contributed by atoms with Crippen molar-refractivity contribution in [3.8, 4) is 0 Å². The number of nitrogens with zero attached hydrogens (tertiary/aromatic N) is 1. The summed E-state index contributed by atoms with van der Waals surface area (Å²) in [5.41, 5.74) is 0.814. The Kier molecular flexibility index (Phi) is 3.59. The molecule has 0 spiro atoms. The molecule has 1 heterocycles. The Bertz CT molecular complexity index is 424. The third-order valence-corrected chi connectivity index (χ3v) is 2.95. The van der Waals surface area contributed by atoms with Gasteiger partial charge in [-0.3, -0.25) is 14.4 Å². The molecule has 1 aromatic carbocycles. The molecular weight excluding hydrogens is 286 g/mol. The van der Waals surface area contributed by atoms with Gasteiger partial charge in [0.05, 0.1) is 17.7 Å². The maximum atomic E-state index is 11.9. The molecule has 2 amide bonds. The van der Waals surface area contributed by atoms with Crippen molar-refractivity contribution in [1.29, 1.82) is 0 Å². The van der Waals surface area contributed by atoms with E-state index >= 15 is 0 Å². The first-order chi connectivity index (χ1) is 8.11. The smallest absolute Gasteiger partial charge is 0.266 e. The third kappa shape index (κ3) is 2.40. The normalized spacial score (nSPS) is 16.2. The minimum absolute atomic E-state index is 0.290. The first-order valence-corrected chi connectivity index (χ1v) is 6.27. The molecule has 5 heteroatoms. The molecule has 0 aromatic heterocycles. The predicted molar refractivity (Wildman–Crippen MR) is 65.9 cm³/mol. The number of rotatable bonds is 4. The largest absolute Gasteiger partial charge is 0.285 e. The van der Waals surface area contributed by atoms with E-state index in [2.05, 4.69) is 15.9 Å². The Balaban J connectivity index is 2.08. The number of benzene rings is 1. The molecule has 0 saturated carbocycles. The average molecular weight is 298 g/mol. The van der Waals surface area contributed by atoms with Gasteiger partial charge < -0.3 is 0 Å². The lowest BCUT2D eigenvalue weighted by Gasteiger charge is -2.13. The fourth-order valence-electron chi connectivity index (χ4n) is 1.59. The zero-order valence-electron chi connectivity index (χ0n) is 9.35. The predicted octanol–water partition coefficient (Wildman–Crippen LogP) is 2.39. The lowest BCUT2D eigenvalue weighted by molar-refractivity contribution is -0.0916. The van der Waals surface area contributed by atoms with Crippen LogP contribution in [0.4, 0.5) is 0 Å². The Morgan fingerprint density at radius 3 is 2.24 bits per heavy atom. The average Bonchev–Trinajstić information content (AvgIpc) is 2.54. The molecule has 1 aliphatic rings. The van der Waals surface area contributed by atoms with Crippen LogP contribution in [0.3, 0.4) is 0 Å². The standard InChI is InChI=1S/C12H12BrNO3/c1-8(13)6-7-17-14-11(15)9-4-2-3-5-10(9)12(14)16/h2-5,8H,6-7H2,1H3/t8-/m0/s1. The van der Waals surface area contributed by atoms with Crippen LogP contribution in [0.1, 0.15) is 34.1 Å². The van der Waals surface area contributed by atoms with Crippen LogP contribution in [0.5, 0.6) is 0 Å². The second-order valence-electron chi connectivity index (χ2n) is 3.85. The number of imide groups is 1. The van der Waals surface area contributed by atoms with Gasteiger partial charge in [-0.25, -0.2) is 0 Å². The Hall–Kier alpha value is -1.20. The van der Waals surface area contributed by atoms with Crippen LogP contribution in [0.25, 0.3) is 0 Å². The number of alkyl halides is 1. The maximum Gasteiger partial charge on any atom is 0.285 e. The molecule has 0 fully saturated rings. The summed E-state index contributed by atoms with van der Waals surface area (Å²) >= 11 is 3.37. The number of carbonyl (C=O) groups excluding carboxylic acids is 2. The molecule has 0 bridgehead atoms. The minimum atomic E-state index is -0.382. The van der Waals surface area contributed by atoms with Gasteiger partial charge in [0, 0.05) is 4.83 Å². The Morgan fingerprint density at radius 2 is 1.76 bits per heavy atom. The van der Waals surface area contributed by atoms with Gasteiger partial charge in [-0.2, -0.15) is 0 Å². The number of hydroxylamine groups is 2. The summed E-state index contributed by atoms with van der Waals surface area (Å²) in [4.78, 5) is 29.2. The molecule has 0 N–H and O–H groups in total. The van der Waals surface area contributed by atoms with Crippen molar-refractivity contribution in [2.75, 3.05) is 6.61 Å². The highest BCUT2D eigenvalue weighted by atomic mass is 79.9. The van der Waals surface area contributed by atoms with Gasteiger partial charge in [0.25, 0.3) is 11.8 Å². The SMILES string of the molecule is C[C@H](Br)CCON1C(=O)c2ccccc2C1=O. The highest BCUT2D eigenvalue weighted by Crippen LogP contribution is 2.22. The summed E-state index contributed by atoms with van der Waals surface area (Å²) in [6.07, 6.45) is 0.730. The number of halogens is 1. The number of hydrogen-bond acceptors (Lipinski definition) is 3. The second-order valence-corrected chi connectivity index (χ2v) is 5.42. The van der Waals surface area contributed by atoms with Crippen molar-refractivity contribution in [2.24, 2.45) is 0 Å². The Labute approximate surface area is 108 Å². The molecule has 0 aliphatic carbocycles. The van der Waals surface area contributed by atoms with Gasteiger partial charge in [0.1, 0.15) is 0 Å². The highest BCUT2D eigenvalue weighted by Gasteiger charge is 2.36. The highest BCUT2D eigenvalue weighted by molar-refractivity contribution is 9.09. The molecule has 4 nitrogen and oxygen atoms in total. The topological polar surface area (TPSA) is 46.6 Å². The first kappa shape index (κ1) is 12.3. The molecule has 0 saturated heterocycles. The van der Waals surface area contributed by atoms with E-state index in [0.29, 0.717) is 17.7 Å². The van der Waals surface area contributed by atoms with Gasteiger partial charge in [0.15, 0.2) is 0 Å². The zero-order valence-corrected chi connectivity index (χ0v) is 10.9. The van der Waals surface area contributed by atoms with Gasteiger partial charge >= 0.3 is 0 Å². The molecule has 17 heavy (non-hydrogen) atoms. The minimum Gasteiger partial charge on any atom is -0.266 e. The van der Waals surface area contributed by atoms with Crippen molar-refractivity contribution in [1.82, 2.24) is 5.06 Å². The van der Waals surface area contributed by atoms with Crippen LogP contribution in [0, 0.1) is 0 Å². The van der Waals surface area contributed by atoms with E-state index in [1.165, 1.54) is 0 Å². The van der Waals surface area contributed by atoms with Gasteiger partial charge in [0.2, 0.25) is 0 Å². The molecule has 0 unspecified atom stereocenters. The van der Waals surface area contributed by atoms with Crippen LogP contribution >= 0.6 is 15.9 Å². The van der Waals surface area contributed by atoms with Crippen LogP contribution in [-0.2, 0) is 4.84 Å². The van der Waals surface area contributed by atoms with Crippen LogP contribution in [-0.4, -0.2) is 28.3 Å². The zero-order chi connectivity index (χ0) is 12.4. The van der Waals surface area contributed by atoms with Crippen molar-refractivity contribution in [3.63, 3.8) is 0 Å². The summed E-state index contributed by atoms with van der Waals surface area (Å²) in [5.74, 6) is -0.763. The fourth-order valence-corrected chi connectivity index (χ4v) is 1.78. The molecular formula is C12H12BrNO3. The van der Waals surface area contributed by atoms with Crippen LogP contribution in [0.2, 0.25) is 0 Å². The lowest BCUT2D eigenvalue weighted by atomic mass is 10.1. The number of carbonyl (C=O) groups is 2. The summed E-state index contributed by atoms with van der Waals surface area (Å²) in [6.45, 7) is 2.31. The Morgan fingerprint density at radius 1 is 1.24 bits per heavy atom. The molecule has 1 atom stereocenters. The molecule has 1 aliphatic heterocycles. The first-order valence-electron chi connectivity index (χ1n) is 5.36. The van der Waals surface area contributed by atoms with Crippen molar-refractivity contribution in [3.05, 3.63) is 35.4 Å². The van der Waals surface area contributed by atoms with E-state index in [1.807, 2.05) is 6.92 Å². The second kappa shape index (κ2) is 4.98. The van der Waals surface area contributed by atoms with E-state index in [9.17, 15) is 9.59 Å². The molecule has 0 radical (unpaired) electrons. The quantitative estimate of drug-likeness (QED) is 0.633.